The van der Waals surface area contributed by atoms with Crippen LogP contribution in [0.25, 0.3) is 5.69 Å². The number of ether oxygens (including phenoxy) is 1. The van der Waals surface area contributed by atoms with Gasteiger partial charge in [-0.1, -0.05) is 23.9 Å². The fourth-order valence-electron chi connectivity index (χ4n) is 2.39. The van der Waals surface area contributed by atoms with Crippen molar-refractivity contribution in [2.75, 3.05) is 18.2 Å². The topological polar surface area (TPSA) is 73.2 Å². The fourth-order valence-corrected chi connectivity index (χ4v) is 3.16. The monoisotopic (exact) mass is 385 g/mol. The number of anilines is 1. The molecule has 138 valence electrons. The third kappa shape index (κ3) is 4.73. The van der Waals surface area contributed by atoms with Crippen molar-refractivity contribution in [1.29, 1.82) is 0 Å². The minimum absolute atomic E-state index is 0.106. The van der Waals surface area contributed by atoms with Crippen molar-refractivity contribution in [2.45, 2.75) is 5.16 Å². The Hall–Kier alpha value is -3.13. The Bertz CT molecular complexity index is 974. The fraction of sp³-hybridized carbons (Fsp3) is 0.105. The van der Waals surface area contributed by atoms with Gasteiger partial charge in [-0.25, -0.2) is 14.2 Å². The largest absolute Gasteiger partial charge is 0.465 e. The Kier molecular flexibility index (Phi) is 5.87. The van der Waals surface area contributed by atoms with E-state index in [0.717, 1.165) is 0 Å². The van der Waals surface area contributed by atoms with Crippen LogP contribution >= 0.6 is 11.8 Å². The maximum atomic E-state index is 13.4. The van der Waals surface area contributed by atoms with Crippen molar-refractivity contribution in [3.05, 3.63) is 72.3 Å². The number of aromatic nitrogens is 2. The highest BCUT2D eigenvalue weighted by atomic mass is 32.2. The molecule has 0 radical (unpaired) electrons. The molecule has 1 aromatic heterocycles. The molecule has 1 heterocycles. The minimum atomic E-state index is -0.474. The Labute approximate surface area is 159 Å². The molecule has 6 nitrogen and oxygen atoms in total. The highest BCUT2D eigenvalue weighted by molar-refractivity contribution is 7.99. The Balaban J connectivity index is 1.64. The number of thioether (sulfide) groups is 1. The van der Waals surface area contributed by atoms with Crippen molar-refractivity contribution in [3.63, 3.8) is 0 Å². The summed E-state index contributed by atoms with van der Waals surface area (Å²) < 4.78 is 19.8. The van der Waals surface area contributed by atoms with Crippen molar-refractivity contribution in [2.24, 2.45) is 0 Å². The number of carbonyl (C=O) groups excluding carboxylic acids is 2. The number of imidazole rings is 1. The normalized spacial score (nSPS) is 10.4. The summed E-state index contributed by atoms with van der Waals surface area (Å²) in [4.78, 5) is 28.0. The van der Waals surface area contributed by atoms with Crippen molar-refractivity contribution in [3.8, 4) is 5.69 Å². The molecule has 0 aliphatic rings. The molecule has 2 aromatic carbocycles. The zero-order chi connectivity index (χ0) is 19.2. The zero-order valence-electron chi connectivity index (χ0n) is 14.4. The highest BCUT2D eigenvalue weighted by Gasteiger charge is 2.11. The Morgan fingerprint density at radius 2 is 2.04 bits per heavy atom. The predicted octanol–water partition coefficient (Wildman–Crippen LogP) is 3.53. The van der Waals surface area contributed by atoms with Crippen LogP contribution in [-0.2, 0) is 9.53 Å². The first kappa shape index (κ1) is 18.7. The van der Waals surface area contributed by atoms with Gasteiger partial charge in [-0.2, -0.15) is 0 Å². The van der Waals surface area contributed by atoms with Crippen LogP contribution in [0.5, 0.6) is 0 Å². The van der Waals surface area contributed by atoms with Gasteiger partial charge in [-0.05, 0) is 36.4 Å². The molecule has 0 unspecified atom stereocenters. The lowest BCUT2D eigenvalue weighted by molar-refractivity contribution is -0.113. The van der Waals surface area contributed by atoms with Gasteiger partial charge in [0.1, 0.15) is 5.82 Å². The molecule has 0 atom stereocenters. The van der Waals surface area contributed by atoms with Crippen LogP contribution in [0.3, 0.4) is 0 Å². The van der Waals surface area contributed by atoms with Gasteiger partial charge in [-0.15, -0.1) is 0 Å². The van der Waals surface area contributed by atoms with E-state index in [1.165, 1.54) is 31.0 Å². The summed E-state index contributed by atoms with van der Waals surface area (Å²) in [6, 6.07) is 12.6. The third-order valence-corrected chi connectivity index (χ3v) is 4.56. The Morgan fingerprint density at radius 1 is 1.22 bits per heavy atom. The molecule has 0 spiro atoms. The maximum absolute atomic E-state index is 13.4. The van der Waals surface area contributed by atoms with Crippen molar-refractivity contribution in [1.82, 2.24) is 9.55 Å². The van der Waals surface area contributed by atoms with Gasteiger partial charge in [0, 0.05) is 18.1 Å². The summed E-state index contributed by atoms with van der Waals surface area (Å²) in [5.74, 6) is -0.969. The summed E-state index contributed by atoms with van der Waals surface area (Å²) in [7, 11) is 1.30. The van der Waals surface area contributed by atoms with Crippen LogP contribution in [-0.4, -0.2) is 34.3 Å². The lowest BCUT2D eigenvalue weighted by Crippen LogP contribution is -2.15. The quantitative estimate of drug-likeness (QED) is 0.519. The molecular formula is C19H16FN3O3S. The number of esters is 1. The lowest BCUT2D eigenvalue weighted by Gasteiger charge is -2.09. The second-order valence-corrected chi connectivity index (χ2v) is 6.41. The molecule has 8 heteroatoms. The van der Waals surface area contributed by atoms with Gasteiger partial charge < -0.3 is 10.1 Å². The van der Waals surface area contributed by atoms with Gasteiger partial charge in [-0.3, -0.25) is 9.36 Å². The van der Waals surface area contributed by atoms with Gasteiger partial charge in [0.25, 0.3) is 0 Å². The van der Waals surface area contributed by atoms with Crippen LogP contribution in [0.2, 0.25) is 0 Å². The van der Waals surface area contributed by atoms with Crippen molar-refractivity contribution >= 4 is 29.3 Å². The first-order valence-corrected chi connectivity index (χ1v) is 8.95. The summed E-state index contributed by atoms with van der Waals surface area (Å²) in [5.41, 5.74) is 1.47. The number of nitrogens with zero attached hydrogens (tertiary/aromatic N) is 2. The number of carbonyl (C=O) groups is 2. The molecule has 0 bridgehead atoms. The second kappa shape index (κ2) is 8.50. The van der Waals surface area contributed by atoms with Crippen LogP contribution in [0.4, 0.5) is 10.1 Å². The van der Waals surface area contributed by atoms with E-state index >= 15 is 0 Å². The number of rotatable bonds is 6. The number of hydrogen-bond acceptors (Lipinski definition) is 5. The van der Waals surface area contributed by atoms with Crippen LogP contribution in [0, 0.1) is 5.82 Å². The van der Waals surface area contributed by atoms with E-state index in [1.807, 2.05) is 0 Å². The number of hydrogen-bond donors (Lipinski definition) is 1. The molecule has 3 rings (SSSR count). The summed E-state index contributed by atoms with van der Waals surface area (Å²) in [6.45, 7) is 0. The SMILES string of the molecule is COC(=O)c1cccc(NC(=O)CSc2nccn2-c2cccc(F)c2)c1. The van der Waals surface area contributed by atoms with Crippen LogP contribution < -0.4 is 5.32 Å². The van der Waals surface area contributed by atoms with E-state index in [9.17, 15) is 14.0 Å². The zero-order valence-corrected chi connectivity index (χ0v) is 15.2. The van der Waals surface area contributed by atoms with Crippen molar-refractivity contribution < 1.29 is 18.7 Å². The molecule has 3 aromatic rings. The number of nitrogens with one attached hydrogen (secondary N) is 1. The van der Waals surface area contributed by atoms with Gasteiger partial charge in [0.05, 0.1) is 24.1 Å². The molecular weight excluding hydrogens is 369 g/mol. The van der Waals surface area contributed by atoms with Gasteiger partial charge in [0.2, 0.25) is 5.91 Å². The van der Waals surface area contributed by atoms with E-state index in [0.29, 0.717) is 22.1 Å². The highest BCUT2D eigenvalue weighted by Crippen LogP contribution is 2.21. The molecule has 1 amide bonds. The predicted molar refractivity (Wildman–Crippen MR) is 101 cm³/mol. The lowest BCUT2D eigenvalue weighted by atomic mass is 10.2. The molecule has 0 fully saturated rings. The molecule has 27 heavy (non-hydrogen) atoms. The first-order valence-electron chi connectivity index (χ1n) is 7.97. The molecule has 0 aliphatic carbocycles. The number of halogens is 1. The molecule has 0 aliphatic heterocycles. The third-order valence-electron chi connectivity index (χ3n) is 3.59. The summed E-state index contributed by atoms with van der Waals surface area (Å²) >= 11 is 1.22. The van der Waals surface area contributed by atoms with E-state index in [2.05, 4.69) is 15.0 Å². The molecule has 0 saturated heterocycles. The second-order valence-electron chi connectivity index (χ2n) is 5.47. The maximum Gasteiger partial charge on any atom is 0.337 e. The van der Waals surface area contributed by atoms with E-state index in [1.54, 1.807) is 53.4 Å². The summed E-state index contributed by atoms with van der Waals surface area (Å²) in [6.07, 6.45) is 3.29. The standard InChI is InChI=1S/C19H16FN3O3S/c1-26-18(25)13-4-2-6-15(10-13)22-17(24)12-27-19-21-8-9-23(19)16-7-3-5-14(20)11-16/h2-11H,12H2,1H3,(H,22,24). The molecule has 0 saturated carbocycles. The van der Waals surface area contributed by atoms with Crippen LogP contribution in [0.1, 0.15) is 10.4 Å². The van der Waals surface area contributed by atoms with E-state index in [4.69, 9.17) is 0 Å². The van der Waals surface area contributed by atoms with E-state index in [-0.39, 0.29) is 17.5 Å². The minimum Gasteiger partial charge on any atom is -0.465 e. The molecule has 1 N–H and O–H groups in total. The average Bonchev–Trinajstić information content (AvgIpc) is 3.14. The summed E-state index contributed by atoms with van der Waals surface area (Å²) in [5, 5.41) is 3.30. The van der Waals surface area contributed by atoms with Gasteiger partial charge >= 0.3 is 5.97 Å². The van der Waals surface area contributed by atoms with Gasteiger partial charge in [0.15, 0.2) is 5.16 Å². The smallest absolute Gasteiger partial charge is 0.337 e. The number of methoxy groups -OCH3 is 1. The average molecular weight is 385 g/mol. The van der Waals surface area contributed by atoms with E-state index < -0.39 is 5.97 Å². The van der Waals surface area contributed by atoms with Crippen LogP contribution in [0.15, 0.2) is 66.1 Å². The number of amides is 1. The first-order chi connectivity index (χ1) is 13.1. The Morgan fingerprint density at radius 3 is 2.81 bits per heavy atom. The number of benzene rings is 2.